The third-order valence-electron chi connectivity index (χ3n) is 3.87. The molecule has 0 aromatic heterocycles. The Hall–Kier alpha value is -0.930. The summed E-state index contributed by atoms with van der Waals surface area (Å²) < 4.78 is 13.6. The number of benzene rings is 1. The normalized spacial score (nSPS) is 19.4. The highest BCUT2D eigenvalue weighted by Crippen LogP contribution is 2.39. The highest BCUT2D eigenvalue weighted by Gasteiger charge is 2.33. The standard InChI is InChI=1S/C16H25FN2/c1-12-5-6-13(17)11-14(12)15(16(2,3)4)19-9-7-18-8-10-19/h5-6,11,15,18H,7-10H2,1-4H3/t15-/m1/s1. The van der Waals surface area contributed by atoms with Gasteiger partial charge >= 0.3 is 0 Å². The topological polar surface area (TPSA) is 15.3 Å². The van der Waals surface area contributed by atoms with E-state index in [4.69, 9.17) is 0 Å². The van der Waals surface area contributed by atoms with Crippen LogP contribution < -0.4 is 5.32 Å². The van der Waals surface area contributed by atoms with Gasteiger partial charge in [0.25, 0.3) is 0 Å². The molecule has 1 N–H and O–H groups in total. The number of rotatable bonds is 2. The average Bonchev–Trinajstić information content (AvgIpc) is 2.33. The van der Waals surface area contributed by atoms with Crippen LogP contribution in [0.25, 0.3) is 0 Å². The summed E-state index contributed by atoms with van der Waals surface area (Å²) in [5.74, 6) is -0.134. The first-order valence-electron chi connectivity index (χ1n) is 7.10. The molecule has 3 heteroatoms. The lowest BCUT2D eigenvalue weighted by molar-refractivity contribution is 0.0855. The lowest BCUT2D eigenvalue weighted by Crippen LogP contribution is -2.48. The van der Waals surface area contributed by atoms with Crippen LogP contribution in [0, 0.1) is 18.2 Å². The fourth-order valence-corrected chi connectivity index (χ4v) is 3.06. The molecule has 106 valence electrons. The Balaban J connectivity index is 2.39. The van der Waals surface area contributed by atoms with Crippen LogP contribution in [0.15, 0.2) is 18.2 Å². The molecule has 1 heterocycles. The molecule has 1 aliphatic rings. The van der Waals surface area contributed by atoms with E-state index in [0.29, 0.717) is 0 Å². The molecule has 19 heavy (non-hydrogen) atoms. The zero-order chi connectivity index (χ0) is 14.0. The lowest BCUT2D eigenvalue weighted by atomic mass is 9.79. The molecule has 0 saturated carbocycles. The summed E-state index contributed by atoms with van der Waals surface area (Å²) in [4.78, 5) is 2.48. The number of hydrogen-bond acceptors (Lipinski definition) is 2. The Labute approximate surface area is 116 Å². The maximum absolute atomic E-state index is 13.6. The zero-order valence-electron chi connectivity index (χ0n) is 12.5. The van der Waals surface area contributed by atoms with Gasteiger partial charge in [-0.25, -0.2) is 4.39 Å². The van der Waals surface area contributed by atoms with Gasteiger partial charge in [-0.2, -0.15) is 0 Å². The van der Waals surface area contributed by atoms with E-state index in [1.807, 2.05) is 6.07 Å². The van der Waals surface area contributed by atoms with Gasteiger partial charge in [0.05, 0.1) is 0 Å². The number of hydrogen-bond donors (Lipinski definition) is 1. The predicted molar refractivity (Wildman–Crippen MR) is 77.8 cm³/mol. The van der Waals surface area contributed by atoms with Crippen molar-refractivity contribution in [1.29, 1.82) is 0 Å². The van der Waals surface area contributed by atoms with Crippen LogP contribution in [0.3, 0.4) is 0 Å². The quantitative estimate of drug-likeness (QED) is 0.883. The van der Waals surface area contributed by atoms with Gasteiger partial charge < -0.3 is 5.32 Å². The van der Waals surface area contributed by atoms with Gasteiger partial charge in [0, 0.05) is 32.2 Å². The molecule has 1 aromatic rings. The average molecular weight is 264 g/mol. The van der Waals surface area contributed by atoms with Gasteiger partial charge in [-0.1, -0.05) is 26.8 Å². The first-order chi connectivity index (χ1) is 8.89. The third kappa shape index (κ3) is 3.34. The molecular weight excluding hydrogens is 239 g/mol. The van der Waals surface area contributed by atoms with E-state index in [9.17, 15) is 4.39 Å². The second-order valence-corrected chi connectivity index (χ2v) is 6.56. The molecule has 0 radical (unpaired) electrons. The number of piperazine rings is 1. The van der Waals surface area contributed by atoms with Crippen LogP contribution >= 0.6 is 0 Å². The lowest BCUT2D eigenvalue weighted by Gasteiger charge is -2.43. The zero-order valence-corrected chi connectivity index (χ0v) is 12.5. The van der Waals surface area contributed by atoms with Gasteiger partial charge in [-0.05, 0) is 35.6 Å². The van der Waals surface area contributed by atoms with E-state index in [-0.39, 0.29) is 17.3 Å². The summed E-state index contributed by atoms with van der Waals surface area (Å²) in [6.07, 6.45) is 0. The van der Waals surface area contributed by atoms with Crippen molar-refractivity contribution in [2.75, 3.05) is 26.2 Å². The number of nitrogens with zero attached hydrogens (tertiary/aromatic N) is 1. The van der Waals surface area contributed by atoms with Crippen LogP contribution in [0.1, 0.15) is 37.9 Å². The second kappa shape index (κ2) is 5.59. The van der Waals surface area contributed by atoms with Crippen molar-refractivity contribution in [2.45, 2.75) is 33.7 Å². The Morgan fingerprint density at radius 3 is 2.42 bits per heavy atom. The second-order valence-electron chi connectivity index (χ2n) is 6.56. The van der Waals surface area contributed by atoms with Crippen LogP contribution in [0.4, 0.5) is 4.39 Å². The molecule has 0 unspecified atom stereocenters. The van der Waals surface area contributed by atoms with Gasteiger partial charge in [0.2, 0.25) is 0 Å². The molecule has 1 atom stereocenters. The summed E-state index contributed by atoms with van der Waals surface area (Å²) in [5, 5.41) is 3.38. The monoisotopic (exact) mass is 264 g/mol. The summed E-state index contributed by atoms with van der Waals surface area (Å²) in [5.41, 5.74) is 2.41. The van der Waals surface area contributed by atoms with E-state index in [0.717, 1.165) is 31.7 Å². The van der Waals surface area contributed by atoms with Crippen molar-refractivity contribution in [3.05, 3.63) is 35.1 Å². The Morgan fingerprint density at radius 2 is 1.84 bits per heavy atom. The molecule has 1 aliphatic heterocycles. The smallest absolute Gasteiger partial charge is 0.123 e. The van der Waals surface area contributed by atoms with Crippen molar-refractivity contribution in [3.63, 3.8) is 0 Å². The van der Waals surface area contributed by atoms with Crippen LogP contribution in [0.5, 0.6) is 0 Å². The van der Waals surface area contributed by atoms with E-state index in [1.165, 1.54) is 5.56 Å². The maximum Gasteiger partial charge on any atom is 0.123 e. The molecule has 1 aromatic carbocycles. The van der Waals surface area contributed by atoms with E-state index in [2.05, 4.69) is 37.9 Å². The minimum absolute atomic E-state index is 0.0931. The highest BCUT2D eigenvalue weighted by molar-refractivity contribution is 5.31. The molecule has 0 aliphatic carbocycles. The predicted octanol–water partition coefficient (Wildman–Crippen LogP) is 3.13. The largest absolute Gasteiger partial charge is 0.314 e. The third-order valence-corrected chi connectivity index (χ3v) is 3.87. The van der Waals surface area contributed by atoms with Crippen LogP contribution in [-0.2, 0) is 0 Å². The summed E-state index contributed by atoms with van der Waals surface area (Å²) in [6.45, 7) is 12.9. The van der Waals surface area contributed by atoms with Crippen molar-refractivity contribution in [1.82, 2.24) is 10.2 Å². The molecule has 1 fully saturated rings. The van der Waals surface area contributed by atoms with Crippen molar-refractivity contribution in [2.24, 2.45) is 5.41 Å². The van der Waals surface area contributed by atoms with Gasteiger partial charge in [-0.3, -0.25) is 4.90 Å². The van der Waals surface area contributed by atoms with Crippen molar-refractivity contribution in [3.8, 4) is 0 Å². The number of halogens is 1. The first kappa shape index (κ1) is 14.5. The maximum atomic E-state index is 13.6. The summed E-state index contributed by atoms with van der Waals surface area (Å²) in [7, 11) is 0. The molecule has 0 spiro atoms. The van der Waals surface area contributed by atoms with Crippen LogP contribution in [-0.4, -0.2) is 31.1 Å². The molecule has 1 saturated heterocycles. The van der Waals surface area contributed by atoms with Crippen molar-refractivity contribution >= 4 is 0 Å². The number of nitrogens with one attached hydrogen (secondary N) is 1. The fraction of sp³-hybridized carbons (Fsp3) is 0.625. The van der Waals surface area contributed by atoms with Gasteiger partial charge in [-0.15, -0.1) is 0 Å². The Bertz CT molecular complexity index is 431. The molecule has 2 rings (SSSR count). The Kier molecular flexibility index (Phi) is 4.26. The van der Waals surface area contributed by atoms with E-state index >= 15 is 0 Å². The summed E-state index contributed by atoms with van der Waals surface area (Å²) >= 11 is 0. The van der Waals surface area contributed by atoms with E-state index < -0.39 is 0 Å². The van der Waals surface area contributed by atoms with E-state index in [1.54, 1.807) is 12.1 Å². The minimum atomic E-state index is -0.134. The minimum Gasteiger partial charge on any atom is -0.314 e. The fourth-order valence-electron chi connectivity index (χ4n) is 3.06. The summed E-state index contributed by atoms with van der Waals surface area (Å²) in [6, 6.07) is 5.43. The SMILES string of the molecule is Cc1ccc(F)cc1[C@@H](N1CCNCC1)C(C)(C)C. The number of aryl methyl sites for hydroxylation is 1. The van der Waals surface area contributed by atoms with Gasteiger partial charge in [0.1, 0.15) is 5.82 Å². The highest BCUT2D eigenvalue weighted by atomic mass is 19.1. The van der Waals surface area contributed by atoms with Crippen molar-refractivity contribution < 1.29 is 4.39 Å². The van der Waals surface area contributed by atoms with Gasteiger partial charge in [0.15, 0.2) is 0 Å². The van der Waals surface area contributed by atoms with Crippen LogP contribution in [0.2, 0.25) is 0 Å². The Morgan fingerprint density at radius 1 is 1.21 bits per heavy atom. The molecule has 2 nitrogen and oxygen atoms in total. The molecular formula is C16H25FN2. The first-order valence-corrected chi connectivity index (χ1v) is 7.10. The molecule has 0 amide bonds. The molecule has 0 bridgehead atoms.